The van der Waals surface area contributed by atoms with Gasteiger partial charge in [-0.3, -0.25) is 9.59 Å². The molecular formula is C21H20N4O6S. The van der Waals surface area contributed by atoms with E-state index in [-0.39, 0.29) is 22.7 Å². The SMILES string of the molecule is C[C@H](OC(=O)c1ccc(=O)n(Cc2ccccc2)n1)C(=O)Nc1ccc(S(N)(=O)=O)cc1. The molecule has 1 amide bonds. The number of carbonyl (C=O) groups is 2. The van der Waals surface area contributed by atoms with Crippen molar-refractivity contribution in [2.75, 3.05) is 5.32 Å². The van der Waals surface area contributed by atoms with Crippen molar-refractivity contribution in [1.29, 1.82) is 0 Å². The first-order chi connectivity index (χ1) is 15.1. The Kier molecular flexibility index (Phi) is 6.81. The molecule has 2 aromatic carbocycles. The van der Waals surface area contributed by atoms with Crippen LogP contribution >= 0.6 is 0 Å². The van der Waals surface area contributed by atoms with Crippen LogP contribution in [-0.4, -0.2) is 36.2 Å². The fourth-order valence-electron chi connectivity index (χ4n) is 2.67. The van der Waals surface area contributed by atoms with E-state index in [1.54, 1.807) is 0 Å². The number of esters is 1. The Morgan fingerprint density at radius 1 is 1.06 bits per heavy atom. The number of anilines is 1. The number of nitrogens with zero attached hydrogens (tertiary/aromatic N) is 2. The van der Waals surface area contributed by atoms with E-state index in [0.717, 1.165) is 10.2 Å². The number of benzene rings is 2. The maximum Gasteiger partial charge on any atom is 0.359 e. The number of aromatic nitrogens is 2. The number of ether oxygens (including phenoxy) is 1. The molecule has 0 radical (unpaired) electrons. The second-order valence-corrected chi connectivity index (χ2v) is 8.37. The van der Waals surface area contributed by atoms with E-state index in [1.807, 2.05) is 30.3 Å². The van der Waals surface area contributed by atoms with Crippen molar-refractivity contribution >= 4 is 27.6 Å². The van der Waals surface area contributed by atoms with Crippen molar-refractivity contribution in [3.63, 3.8) is 0 Å². The lowest BCUT2D eigenvalue weighted by Crippen LogP contribution is -2.31. The van der Waals surface area contributed by atoms with E-state index in [2.05, 4.69) is 10.4 Å². The predicted octanol–water partition coefficient (Wildman–Crippen LogP) is 1.12. The molecule has 1 heterocycles. The molecule has 0 saturated carbocycles. The highest BCUT2D eigenvalue weighted by atomic mass is 32.2. The van der Waals surface area contributed by atoms with Gasteiger partial charge in [-0.25, -0.2) is 23.0 Å². The number of rotatable bonds is 7. The number of hydrogen-bond acceptors (Lipinski definition) is 7. The summed E-state index contributed by atoms with van der Waals surface area (Å²) < 4.78 is 28.8. The standard InChI is InChI=1S/C21H20N4O6S/c1-14(20(27)23-16-7-9-17(10-8-16)32(22,29)30)31-21(28)18-11-12-19(26)25(24-18)13-15-5-3-2-4-6-15/h2-12,14H,13H2,1H3,(H,23,27)(H2,22,29,30)/t14-/m0/s1. The van der Waals surface area contributed by atoms with E-state index in [9.17, 15) is 22.8 Å². The number of nitrogens with two attached hydrogens (primary N) is 1. The fraction of sp³-hybridized carbons (Fsp3) is 0.143. The highest BCUT2D eigenvalue weighted by Crippen LogP contribution is 2.13. The largest absolute Gasteiger partial charge is 0.448 e. The zero-order valence-corrected chi connectivity index (χ0v) is 17.8. The summed E-state index contributed by atoms with van der Waals surface area (Å²) in [7, 11) is -3.85. The lowest BCUT2D eigenvalue weighted by atomic mass is 10.2. The highest BCUT2D eigenvalue weighted by Gasteiger charge is 2.21. The zero-order chi connectivity index (χ0) is 23.3. The third-order valence-electron chi connectivity index (χ3n) is 4.35. The summed E-state index contributed by atoms with van der Waals surface area (Å²) in [4.78, 5) is 36.7. The smallest absolute Gasteiger partial charge is 0.359 e. The lowest BCUT2D eigenvalue weighted by molar-refractivity contribution is -0.123. The molecule has 0 aliphatic rings. The Balaban J connectivity index is 1.65. The summed E-state index contributed by atoms with van der Waals surface area (Å²) >= 11 is 0. The van der Waals surface area contributed by atoms with Gasteiger partial charge >= 0.3 is 5.97 Å². The second-order valence-electron chi connectivity index (χ2n) is 6.81. The van der Waals surface area contributed by atoms with Crippen molar-refractivity contribution in [2.24, 2.45) is 5.14 Å². The minimum atomic E-state index is -3.85. The topological polar surface area (TPSA) is 150 Å². The minimum absolute atomic E-state index is 0.105. The zero-order valence-electron chi connectivity index (χ0n) is 17.0. The molecule has 3 aromatic rings. The molecule has 11 heteroatoms. The van der Waals surface area contributed by atoms with Crippen LogP contribution in [0.5, 0.6) is 0 Å². The van der Waals surface area contributed by atoms with E-state index in [1.165, 1.54) is 43.3 Å². The Hall–Kier alpha value is -3.83. The molecule has 0 spiro atoms. The summed E-state index contributed by atoms with van der Waals surface area (Å²) in [6, 6.07) is 16.7. The van der Waals surface area contributed by atoms with Gasteiger partial charge in [0, 0.05) is 11.8 Å². The van der Waals surface area contributed by atoms with E-state index < -0.39 is 28.0 Å². The molecule has 3 rings (SSSR count). The molecule has 0 saturated heterocycles. The molecule has 0 bridgehead atoms. The fourth-order valence-corrected chi connectivity index (χ4v) is 3.19. The van der Waals surface area contributed by atoms with Crippen LogP contribution in [0.25, 0.3) is 0 Å². The lowest BCUT2D eigenvalue weighted by Gasteiger charge is -2.14. The Bertz CT molecular complexity index is 1290. The van der Waals surface area contributed by atoms with Gasteiger partial charge in [-0.2, -0.15) is 5.10 Å². The van der Waals surface area contributed by atoms with Crippen LogP contribution in [0.2, 0.25) is 0 Å². The molecule has 1 aromatic heterocycles. The Morgan fingerprint density at radius 2 is 1.72 bits per heavy atom. The molecule has 32 heavy (non-hydrogen) atoms. The van der Waals surface area contributed by atoms with Crippen molar-refractivity contribution in [3.8, 4) is 0 Å². The molecule has 0 aliphatic carbocycles. The van der Waals surface area contributed by atoms with Gasteiger partial charge in [0.05, 0.1) is 11.4 Å². The van der Waals surface area contributed by atoms with Gasteiger partial charge in [0.15, 0.2) is 11.8 Å². The van der Waals surface area contributed by atoms with Crippen LogP contribution in [0.1, 0.15) is 23.0 Å². The number of carbonyl (C=O) groups excluding carboxylic acids is 2. The van der Waals surface area contributed by atoms with E-state index >= 15 is 0 Å². The van der Waals surface area contributed by atoms with Crippen molar-refractivity contribution in [3.05, 3.63) is 88.3 Å². The molecular weight excluding hydrogens is 436 g/mol. The normalized spacial score (nSPS) is 12.1. The van der Waals surface area contributed by atoms with Crippen molar-refractivity contribution in [2.45, 2.75) is 24.5 Å². The van der Waals surface area contributed by atoms with Gasteiger partial charge in [0.2, 0.25) is 10.0 Å². The van der Waals surface area contributed by atoms with Crippen LogP contribution in [-0.2, 0) is 26.1 Å². The number of sulfonamides is 1. The first-order valence-corrected chi connectivity index (χ1v) is 10.9. The number of amides is 1. The number of primary sulfonamides is 1. The Labute approximate surface area is 183 Å². The summed E-state index contributed by atoms with van der Waals surface area (Å²) in [5.41, 5.74) is 0.602. The molecule has 0 aliphatic heterocycles. The van der Waals surface area contributed by atoms with Gasteiger partial charge in [-0.05, 0) is 42.8 Å². The van der Waals surface area contributed by atoms with Crippen LogP contribution < -0.4 is 16.0 Å². The van der Waals surface area contributed by atoms with Crippen LogP contribution in [0, 0.1) is 0 Å². The molecule has 166 valence electrons. The average molecular weight is 456 g/mol. The molecule has 1 atom stereocenters. The number of nitrogens with one attached hydrogen (secondary N) is 1. The maximum atomic E-state index is 12.4. The molecule has 10 nitrogen and oxygen atoms in total. The Morgan fingerprint density at radius 3 is 2.34 bits per heavy atom. The summed E-state index contributed by atoms with van der Waals surface area (Å²) in [5, 5.41) is 11.6. The first-order valence-electron chi connectivity index (χ1n) is 9.40. The quantitative estimate of drug-likeness (QED) is 0.506. The van der Waals surface area contributed by atoms with Gasteiger partial charge in [0.25, 0.3) is 11.5 Å². The minimum Gasteiger partial charge on any atom is -0.448 e. The molecule has 0 fully saturated rings. The average Bonchev–Trinajstić information content (AvgIpc) is 2.75. The van der Waals surface area contributed by atoms with Crippen molar-refractivity contribution < 1.29 is 22.7 Å². The maximum absolute atomic E-state index is 12.4. The summed E-state index contributed by atoms with van der Waals surface area (Å²) in [5.74, 6) is -1.52. The van der Waals surface area contributed by atoms with Gasteiger partial charge in [-0.15, -0.1) is 0 Å². The van der Waals surface area contributed by atoms with Gasteiger partial charge in [0.1, 0.15) is 0 Å². The van der Waals surface area contributed by atoms with Crippen LogP contribution in [0.15, 0.2) is 76.4 Å². The van der Waals surface area contributed by atoms with E-state index in [0.29, 0.717) is 5.69 Å². The third-order valence-corrected chi connectivity index (χ3v) is 5.28. The van der Waals surface area contributed by atoms with Crippen molar-refractivity contribution in [1.82, 2.24) is 9.78 Å². The number of hydrogen-bond donors (Lipinski definition) is 2. The van der Waals surface area contributed by atoms with Gasteiger partial charge < -0.3 is 10.1 Å². The van der Waals surface area contributed by atoms with Crippen LogP contribution in [0.4, 0.5) is 5.69 Å². The third kappa shape index (κ3) is 5.86. The monoisotopic (exact) mass is 456 g/mol. The first kappa shape index (κ1) is 22.8. The van der Waals surface area contributed by atoms with Gasteiger partial charge in [-0.1, -0.05) is 30.3 Å². The predicted molar refractivity (Wildman–Crippen MR) is 115 cm³/mol. The molecule has 3 N–H and O–H groups in total. The molecule has 0 unspecified atom stereocenters. The second kappa shape index (κ2) is 9.54. The van der Waals surface area contributed by atoms with Crippen LogP contribution in [0.3, 0.4) is 0 Å². The summed E-state index contributed by atoms with van der Waals surface area (Å²) in [6.45, 7) is 1.54. The van der Waals surface area contributed by atoms with E-state index in [4.69, 9.17) is 9.88 Å². The highest BCUT2D eigenvalue weighted by molar-refractivity contribution is 7.89. The summed E-state index contributed by atoms with van der Waals surface area (Å²) in [6.07, 6.45) is -1.18.